The number of aromatic nitrogens is 1. The van der Waals surface area contributed by atoms with Gasteiger partial charge in [0.2, 0.25) is 5.88 Å². The number of likely N-dealkylation sites (N-methyl/N-ethyl adjacent to an activating group) is 1. The maximum absolute atomic E-state index is 13.6. The highest BCUT2D eigenvalue weighted by Gasteiger charge is 2.28. The van der Waals surface area contributed by atoms with Crippen LogP contribution in [0.15, 0.2) is 71.8 Å². The highest BCUT2D eigenvalue weighted by molar-refractivity contribution is 7.92. The number of hydrogen-bond donors (Lipinski definition) is 0. The van der Waals surface area contributed by atoms with Crippen LogP contribution in [0.25, 0.3) is 0 Å². The lowest BCUT2D eigenvalue weighted by Crippen LogP contribution is -2.41. The number of amides is 1. The maximum Gasteiger partial charge on any atom is 0.264 e. The number of ether oxygens (including phenoxy) is 1. The van der Waals surface area contributed by atoms with Crippen molar-refractivity contribution in [3.63, 3.8) is 0 Å². The van der Waals surface area contributed by atoms with Gasteiger partial charge in [0.1, 0.15) is 0 Å². The van der Waals surface area contributed by atoms with Gasteiger partial charge in [-0.3, -0.25) is 9.10 Å². The Morgan fingerprint density at radius 2 is 1.73 bits per heavy atom. The molecule has 1 aromatic heterocycles. The number of nitrogens with zero attached hydrogens (tertiary/aromatic N) is 3. The largest absolute Gasteiger partial charge is 0.481 e. The van der Waals surface area contributed by atoms with Gasteiger partial charge in [-0.05, 0) is 55.8 Å². The number of pyridine rings is 1. The number of sulfonamides is 1. The molecule has 0 fully saturated rings. The molecule has 1 amide bonds. The number of aryl methyl sites for hydroxylation is 1. The Bertz CT molecular complexity index is 1200. The van der Waals surface area contributed by atoms with Gasteiger partial charge in [0.15, 0.2) is 0 Å². The standard InChI is InChI=1S/C24H26ClN3O4S/c1-4-27(24(29)19-9-11-20(25)12-10-19)15-16-28(21-13-14-23(32-3)26-17-21)33(30,31)22-8-6-5-7-18(22)2/h5-14,17H,4,15-16H2,1-3H3. The summed E-state index contributed by atoms with van der Waals surface area (Å²) in [4.78, 5) is 18.9. The summed E-state index contributed by atoms with van der Waals surface area (Å²) < 4.78 is 33.6. The van der Waals surface area contributed by atoms with Crippen LogP contribution < -0.4 is 9.04 Å². The third kappa shape index (κ3) is 5.64. The molecule has 0 aliphatic carbocycles. The molecule has 9 heteroatoms. The van der Waals surface area contributed by atoms with E-state index in [9.17, 15) is 13.2 Å². The molecule has 7 nitrogen and oxygen atoms in total. The van der Waals surface area contributed by atoms with Crippen molar-refractivity contribution in [3.05, 3.63) is 83.0 Å². The number of carbonyl (C=O) groups excluding carboxylic acids is 1. The Morgan fingerprint density at radius 3 is 2.30 bits per heavy atom. The molecular formula is C24H26ClN3O4S. The minimum atomic E-state index is -3.91. The Labute approximate surface area is 199 Å². The Balaban J connectivity index is 1.93. The van der Waals surface area contributed by atoms with Crippen molar-refractivity contribution >= 4 is 33.2 Å². The van der Waals surface area contributed by atoms with Crippen LogP contribution in [0, 0.1) is 6.92 Å². The number of methoxy groups -OCH3 is 1. The van der Waals surface area contributed by atoms with Crippen molar-refractivity contribution in [3.8, 4) is 5.88 Å². The zero-order valence-corrected chi connectivity index (χ0v) is 20.3. The lowest BCUT2D eigenvalue weighted by Gasteiger charge is -2.28. The fraction of sp³-hybridized carbons (Fsp3) is 0.250. The average molecular weight is 488 g/mol. The van der Waals surface area contributed by atoms with Crippen LogP contribution in [0.4, 0.5) is 5.69 Å². The highest BCUT2D eigenvalue weighted by atomic mass is 35.5. The van der Waals surface area contributed by atoms with E-state index in [1.54, 1.807) is 72.5 Å². The molecule has 0 bridgehead atoms. The summed E-state index contributed by atoms with van der Waals surface area (Å²) in [6.45, 7) is 4.26. The van der Waals surface area contributed by atoms with Gasteiger partial charge in [-0.25, -0.2) is 13.4 Å². The minimum Gasteiger partial charge on any atom is -0.481 e. The van der Waals surface area contributed by atoms with E-state index < -0.39 is 10.0 Å². The predicted molar refractivity (Wildman–Crippen MR) is 130 cm³/mol. The van der Waals surface area contributed by atoms with Gasteiger partial charge < -0.3 is 9.64 Å². The molecule has 0 aliphatic rings. The topological polar surface area (TPSA) is 79.8 Å². The summed E-state index contributed by atoms with van der Waals surface area (Å²) in [6, 6.07) is 16.7. The first-order chi connectivity index (χ1) is 15.8. The van der Waals surface area contributed by atoms with Crippen molar-refractivity contribution in [2.75, 3.05) is 31.0 Å². The summed E-state index contributed by atoms with van der Waals surface area (Å²) in [6.07, 6.45) is 1.45. The molecule has 0 spiro atoms. The van der Waals surface area contributed by atoms with Crippen molar-refractivity contribution < 1.29 is 17.9 Å². The summed E-state index contributed by atoms with van der Waals surface area (Å²) in [5, 5.41) is 0.539. The third-order valence-electron chi connectivity index (χ3n) is 5.21. The predicted octanol–water partition coefficient (Wildman–Crippen LogP) is 4.41. The quantitative estimate of drug-likeness (QED) is 0.446. The third-order valence-corrected chi connectivity index (χ3v) is 7.45. The van der Waals surface area contributed by atoms with E-state index in [-0.39, 0.29) is 23.9 Å². The normalized spacial score (nSPS) is 11.2. The van der Waals surface area contributed by atoms with Crippen LogP contribution >= 0.6 is 11.6 Å². The number of rotatable bonds is 9. The second-order valence-corrected chi connectivity index (χ2v) is 9.56. The lowest BCUT2D eigenvalue weighted by atomic mass is 10.2. The number of halogens is 1. The van der Waals surface area contributed by atoms with Gasteiger partial charge in [-0.2, -0.15) is 0 Å². The molecule has 0 saturated heterocycles. The highest BCUT2D eigenvalue weighted by Crippen LogP contribution is 2.26. The van der Waals surface area contributed by atoms with E-state index in [4.69, 9.17) is 16.3 Å². The molecule has 2 aromatic carbocycles. The van der Waals surface area contributed by atoms with Gasteiger partial charge in [0.25, 0.3) is 15.9 Å². The molecular weight excluding hydrogens is 462 g/mol. The summed E-state index contributed by atoms with van der Waals surface area (Å²) in [7, 11) is -2.42. The molecule has 0 radical (unpaired) electrons. The minimum absolute atomic E-state index is 0.0534. The lowest BCUT2D eigenvalue weighted by molar-refractivity contribution is 0.0769. The van der Waals surface area contributed by atoms with Crippen LogP contribution in [0.5, 0.6) is 5.88 Å². The smallest absolute Gasteiger partial charge is 0.264 e. The first-order valence-corrected chi connectivity index (χ1v) is 12.2. The zero-order valence-electron chi connectivity index (χ0n) is 18.7. The van der Waals surface area contributed by atoms with Crippen molar-refractivity contribution in [1.29, 1.82) is 0 Å². The monoisotopic (exact) mass is 487 g/mol. The van der Waals surface area contributed by atoms with Gasteiger partial charge >= 0.3 is 0 Å². The van der Waals surface area contributed by atoms with Crippen LogP contribution in [0.3, 0.4) is 0 Å². The van der Waals surface area contributed by atoms with E-state index in [0.717, 1.165) is 0 Å². The van der Waals surface area contributed by atoms with Crippen molar-refractivity contribution in [1.82, 2.24) is 9.88 Å². The van der Waals surface area contributed by atoms with Crippen LogP contribution in [0.1, 0.15) is 22.8 Å². The number of carbonyl (C=O) groups is 1. The first-order valence-electron chi connectivity index (χ1n) is 10.4. The second-order valence-electron chi connectivity index (χ2n) is 7.29. The molecule has 0 atom stereocenters. The number of benzene rings is 2. The Kier molecular flexibility index (Phi) is 7.94. The molecule has 1 heterocycles. The summed E-state index contributed by atoms with van der Waals surface area (Å²) in [5.74, 6) is 0.176. The molecule has 3 aromatic rings. The molecule has 0 aliphatic heterocycles. The number of hydrogen-bond acceptors (Lipinski definition) is 5. The fourth-order valence-corrected chi connectivity index (χ4v) is 5.18. The van der Waals surface area contributed by atoms with E-state index in [2.05, 4.69) is 4.98 Å². The van der Waals surface area contributed by atoms with Crippen molar-refractivity contribution in [2.45, 2.75) is 18.7 Å². The van der Waals surface area contributed by atoms with E-state index in [0.29, 0.717) is 34.3 Å². The summed E-state index contributed by atoms with van der Waals surface area (Å²) >= 11 is 5.93. The molecule has 33 heavy (non-hydrogen) atoms. The maximum atomic E-state index is 13.6. The molecule has 0 saturated carbocycles. The fourth-order valence-electron chi connectivity index (χ4n) is 3.38. The van der Waals surface area contributed by atoms with Gasteiger partial charge in [0.05, 0.1) is 30.4 Å². The average Bonchev–Trinajstić information content (AvgIpc) is 2.82. The zero-order chi connectivity index (χ0) is 24.0. The van der Waals surface area contributed by atoms with Crippen LogP contribution in [-0.2, 0) is 10.0 Å². The van der Waals surface area contributed by atoms with E-state index >= 15 is 0 Å². The SMILES string of the molecule is CCN(CCN(c1ccc(OC)nc1)S(=O)(=O)c1ccccc1C)C(=O)c1ccc(Cl)cc1. The van der Waals surface area contributed by atoms with Gasteiger partial charge in [0, 0.05) is 29.7 Å². The van der Waals surface area contributed by atoms with E-state index in [1.165, 1.54) is 17.6 Å². The Morgan fingerprint density at radius 1 is 1.03 bits per heavy atom. The van der Waals surface area contributed by atoms with Crippen LogP contribution in [-0.4, -0.2) is 51.0 Å². The number of anilines is 1. The molecule has 3 rings (SSSR count). The van der Waals surface area contributed by atoms with Crippen molar-refractivity contribution in [2.24, 2.45) is 0 Å². The molecule has 0 unspecified atom stereocenters. The Hall–Kier alpha value is -3.10. The first kappa shape index (κ1) is 24.5. The molecule has 174 valence electrons. The molecule has 0 N–H and O–H groups in total. The summed E-state index contributed by atoms with van der Waals surface area (Å²) in [5.41, 5.74) is 1.50. The van der Waals surface area contributed by atoms with Crippen LogP contribution in [0.2, 0.25) is 5.02 Å². The van der Waals surface area contributed by atoms with Gasteiger partial charge in [-0.15, -0.1) is 0 Å². The second kappa shape index (κ2) is 10.7. The van der Waals surface area contributed by atoms with E-state index in [1.807, 2.05) is 6.92 Å². The van der Waals surface area contributed by atoms with Gasteiger partial charge in [-0.1, -0.05) is 29.8 Å².